The van der Waals surface area contributed by atoms with E-state index in [2.05, 4.69) is 16.5 Å². The van der Waals surface area contributed by atoms with Gasteiger partial charge in [0.1, 0.15) is 11.4 Å². The van der Waals surface area contributed by atoms with E-state index in [1.807, 2.05) is 26.8 Å². The molecular weight excluding hydrogens is 302 g/mol. The number of hydrogen-bond acceptors (Lipinski definition) is 4. The van der Waals surface area contributed by atoms with E-state index in [1.165, 1.54) is 0 Å². The molecule has 2 rings (SSSR count). The Labute approximate surface area is 136 Å². The second kappa shape index (κ2) is 6.57. The molecule has 1 saturated heterocycles. The molecule has 1 aliphatic heterocycles. The van der Waals surface area contributed by atoms with Gasteiger partial charge in [0.05, 0.1) is 5.02 Å². The van der Waals surface area contributed by atoms with Gasteiger partial charge in [-0.3, -0.25) is 0 Å². The zero-order valence-electron chi connectivity index (χ0n) is 13.3. The Balaban J connectivity index is 1.97. The molecule has 1 aromatic heterocycles. The van der Waals surface area contributed by atoms with Gasteiger partial charge in [0.2, 0.25) is 0 Å². The van der Waals surface area contributed by atoms with Crippen molar-refractivity contribution in [1.29, 1.82) is 0 Å². The highest BCUT2D eigenvalue weighted by molar-refractivity contribution is 6.33. The van der Waals surface area contributed by atoms with Crippen LogP contribution in [0.4, 0.5) is 10.6 Å². The SMILES string of the molecule is C=Cc1cnc(N2CCN(C(=O)OC(C)(C)C)CC2)c(Cl)c1. The molecule has 0 aromatic carbocycles. The van der Waals surface area contributed by atoms with Gasteiger partial charge in [-0.05, 0) is 32.4 Å². The molecule has 0 radical (unpaired) electrons. The van der Waals surface area contributed by atoms with E-state index in [4.69, 9.17) is 16.3 Å². The Hall–Kier alpha value is -1.75. The van der Waals surface area contributed by atoms with Crippen LogP contribution >= 0.6 is 11.6 Å². The lowest BCUT2D eigenvalue weighted by molar-refractivity contribution is 0.0240. The van der Waals surface area contributed by atoms with E-state index in [9.17, 15) is 4.79 Å². The molecule has 6 heteroatoms. The lowest BCUT2D eigenvalue weighted by atomic mass is 10.2. The lowest BCUT2D eigenvalue weighted by Gasteiger charge is -2.36. The summed E-state index contributed by atoms with van der Waals surface area (Å²) >= 11 is 6.27. The maximum Gasteiger partial charge on any atom is 0.410 e. The molecule has 0 saturated carbocycles. The van der Waals surface area contributed by atoms with Crippen LogP contribution in [0.5, 0.6) is 0 Å². The van der Waals surface area contributed by atoms with Crippen molar-refractivity contribution < 1.29 is 9.53 Å². The van der Waals surface area contributed by atoms with Gasteiger partial charge in [-0.1, -0.05) is 24.3 Å². The van der Waals surface area contributed by atoms with Crippen LogP contribution in [0.3, 0.4) is 0 Å². The van der Waals surface area contributed by atoms with E-state index < -0.39 is 5.60 Å². The highest BCUT2D eigenvalue weighted by Crippen LogP contribution is 2.25. The first-order valence-electron chi connectivity index (χ1n) is 7.31. The summed E-state index contributed by atoms with van der Waals surface area (Å²) in [6.45, 7) is 11.9. The van der Waals surface area contributed by atoms with Crippen molar-refractivity contribution in [2.75, 3.05) is 31.1 Å². The largest absolute Gasteiger partial charge is 0.444 e. The monoisotopic (exact) mass is 323 g/mol. The minimum absolute atomic E-state index is 0.270. The number of carbonyl (C=O) groups excluding carboxylic acids is 1. The van der Waals surface area contributed by atoms with Crippen molar-refractivity contribution in [2.45, 2.75) is 26.4 Å². The highest BCUT2D eigenvalue weighted by Gasteiger charge is 2.26. The van der Waals surface area contributed by atoms with Gasteiger partial charge < -0.3 is 14.5 Å². The lowest BCUT2D eigenvalue weighted by Crippen LogP contribution is -2.50. The van der Waals surface area contributed by atoms with Gasteiger partial charge in [0, 0.05) is 32.4 Å². The first kappa shape index (κ1) is 16.6. The van der Waals surface area contributed by atoms with Gasteiger partial charge >= 0.3 is 6.09 Å². The summed E-state index contributed by atoms with van der Waals surface area (Å²) in [4.78, 5) is 20.2. The molecule has 0 aliphatic carbocycles. The normalized spacial score (nSPS) is 15.6. The Morgan fingerprint density at radius 2 is 2.00 bits per heavy atom. The van der Waals surface area contributed by atoms with Gasteiger partial charge in [-0.25, -0.2) is 9.78 Å². The summed E-state index contributed by atoms with van der Waals surface area (Å²) in [5.41, 5.74) is 0.417. The number of halogens is 1. The standard InChI is InChI=1S/C16H22ClN3O2/c1-5-12-10-13(17)14(18-11-12)19-6-8-20(9-7-19)15(21)22-16(2,3)4/h5,10-11H,1,6-9H2,2-4H3. The fourth-order valence-electron chi connectivity index (χ4n) is 2.22. The Kier molecular flexibility index (Phi) is 4.96. The first-order chi connectivity index (χ1) is 10.3. The number of rotatable bonds is 2. The predicted molar refractivity (Wildman–Crippen MR) is 89.4 cm³/mol. The summed E-state index contributed by atoms with van der Waals surface area (Å²) in [6.07, 6.45) is 3.19. The number of ether oxygens (including phenoxy) is 1. The molecule has 1 aliphatic rings. The van der Waals surface area contributed by atoms with Crippen molar-refractivity contribution in [2.24, 2.45) is 0 Å². The quantitative estimate of drug-likeness (QED) is 0.836. The van der Waals surface area contributed by atoms with Crippen molar-refractivity contribution >= 4 is 29.6 Å². The number of anilines is 1. The number of hydrogen-bond donors (Lipinski definition) is 0. The minimum Gasteiger partial charge on any atom is -0.444 e. The van der Waals surface area contributed by atoms with Crippen LogP contribution in [-0.2, 0) is 4.74 Å². The van der Waals surface area contributed by atoms with E-state index in [0.29, 0.717) is 31.2 Å². The zero-order chi connectivity index (χ0) is 16.3. The maximum absolute atomic E-state index is 12.0. The number of carbonyl (C=O) groups is 1. The van der Waals surface area contributed by atoms with Crippen LogP contribution in [0, 0.1) is 0 Å². The molecule has 0 unspecified atom stereocenters. The first-order valence-corrected chi connectivity index (χ1v) is 7.69. The van der Waals surface area contributed by atoms with Crippen LogP contribution in [0.2, 0.25) is 5.02 Å². The minimum atomic E-state index is -0.473. The Bertz CT molecular complexity index is 561. The smallest absolute Gasteiger partial charge is 0.410 e. The van der Waals surface area contributed by atoms with E-state index in [-0.39, 0.29) is 6.09 Å². The number of nitrogens with zero attached hydrogens (tertiary/aromatic N) is 3. The summed E-state index contributed by atoms with van der Waals surface area (Å²) in [7, 11) is 0. The van der Waals surface area contributed by atoms with Crippen molar-refractivity contribution in [3.05, 3.63) is 29.4 Å². The molecule has 5 nitrogen and oxygen atoms in total. The third kappa shape index (κ3) is 4.13. The molecule has 22 heavy (non-hydrogen) atoms. The van der Waals surface area contributed by atoms with Crippen LogP contribution in [0.1, 0.15) is 26.3 Å². The van der Waals surface area contributed by atoms with Gasteiger partial charge in [-0.15, -0.1) is 0 Å². The average Bonchev–Trinajstić information content (AvgIpc) is 2.45. The average molecular weight is 324 g/mol. The maximum atomic E-state index is 12.0. The fraction of sp³-hybridized carbons (Fsp3) is 0.500. The molecule has 1 fully saturated rings. The number of pyridine rings is 1. The number of aromatic nitrogens is 1. The van der Waals surface area contributed by atoms with Crippen molar-refractivity contribution in [3.8, 4) is 0 Å². The van der Waals surface area contributed by atoms with Crippen molar-refractivity contribution in [3.63, 3.8) is 0 Å². The molecular formula is C16H22ClN3O2. The Morgan fingerprint density at radius 1 is 1.36 bits per heavy atom. The van der Waals surface area contributed by atoms with Gasteiger partial charge in [0.25, 0.3) is 0 Å². The van der Waals surface area contributed by atoms with E-state index in [1.54, 1.807) is 17.2 Å². The number of piperazine rings is 1. The van der Waals surface area contributed by atoms with Gasteiger partial charge in [0.15, 0.2) is 0 Å². The molecule has 0 spiro atoms. The van der Waals surface area contributed by atoms with Crippen LogP contribution < -0.4 is 4.90 Å². The molecule has 1 amide bonds. The topological polar surface area (TPSA) is 45.7 Å². The third-order valence-electron chi connectivity index (χ3n) is 3.31. The Morgan fingerprint density at radius 3 is 2.50 bits per heavy atom. The van der Waals surface area contributed by atoms with Crippen molar-refractivity contribution in [1.82, 2.24) is 9.88 Å². The second-order valence-electron chi connectivity index (χ2n) is 6.23. The molecule has 0 atom stereocenters. The van der Waals surface area contributed by atoms with E-state index in [0.717, 1.165) is 11.4 Å². The molecule has 1 aromatic rings. The molecule has 120 valence electrons. The molecule has 0 bridgehead atoms. The summed E-state index contributed by atoms with van der Waals surface area (Å²) in [5, 5.41) is 0.600. The summed E-state index contributed by atoms with van der Waals surface area (Å²) < 4.78 is 5.39. The third-order valence-corrected chi connectivity index (χ3v) is 3.59. The van der Waals surface area contributed by atoms with Crippen LogP contribution in [0.15, 0.2) is 18.8 Å². The molecule has 2 heterocycles. The number of amides is 1. The second-order valence-corrected chi connectivity index (χ2v) is 6.64. The summed E-state index contributed by atoms with van der Waals surface area (Å²) in [5.74, 6) is 0.746. The van der Waals surface area contributed by atoms with E-state index >= 15 is 0 Å². The predicted octanol–water partition coefficient (Wildman–Crippen LogP) is 3.44. The zero-order valence-corrected chi connectivity index (χ0v) is 14.1. The summed E-state index contributed by atoms with van der Waals surface area (Å²) in [6, 6.07) is 1.84. The van der Waals surface area contributed by atoms with Gasteiger partial charge in [-0.2, -0.15) is 0 Å². The molecule has 0 N–H and O–H groups in total. The van der Waals surface area contributed by atoms with Crippen LogP contribution in [-0.4, -0.2) is 47.8 Å². The highest BCUT2D eigenvalue weighted by atomic mass is 35.5. The fourth-order valence-corrected chi connectivity index (χ4v) is 2.51. The van der Waals surface area contributed by atoms with Crippen LogP contribution in [0.25, 0.3) is 6.08 Å².